The third-order valence-electron chi connectivity index (χ3n) is 3.47. The summed E-state index contributed by atoms with van der Waals surface area (Å²) in [5.74, 6) is -4.20. The molecule has 1 aromatic rings. The minimum atomic E-state index is -2.95. The molecule has 1 atom stereocenters. The lowest BCUT2D eigenvalue weighted by Crippen LogP contribution is -2.43. The van der Waals surface area contributed by atoms with E-state index in [2.05, 4.69) is 21.2 Å². The van der Waals surface area contributed by atoms with E-state index in [0.29, 0.717) is 0 Å². The smallest absolute Gasteiger partial charge is 0.260 e. The first-order valence-electron chi connectivity index (χ1n) is 5.03. The van der Waals surface area contributed by atoms with E-state index in [9.17, 15) is 18.0 Å². The van der Waals surface area contributed by atoms with E-state index in [1.54, 1.807) is 0 Å². The molecule has 0 saturated heterocycles. The monoisotopic (exact) mass is 305 g/mol. The lowest BCUT2D eigenvalue weighted by molar-refractivity contribution is 0.0772. The van der Waals surface area contributed by atoms with E-state index in [0.717, 1.165) is 0 Å². The Morgan fingerprint density at radius 2 is 2.00 bits per heavy atom. The highest BCUT2D eigenvalue weighted by Crippen LogP contribution is 2.63. The number of carbonyl (C=O) groups excluding carboxylic acids is 1. The van der Waals surface area contributed by atoms with Gasteiger partial charge in [-0.25, -0.2) is 13.2 Å². The molecule has 1 amide bonds. The highest BCUT2D eigenvalue weighted by atomic mass is 79.9. The van der Waals surface area contributed by atoms with Crippen molar-refractivity contribution in [1.82, 2.24) is 5.32 Å². The fourth-order valence-electron chi connectivity index (χ4n) is 2.42. The molecule has 1 spiro atoms. The SMILES string of the molecule is O=C1NCC2(CC2(F)F)c2c1ccc(Br)c2F. The quantitative estimate of drug-likeness (QED) is 0.784. The van der Waals surface area contributed by atoms with Crippen LogP contribution in [-0.2, 0) is 5.41 Å². The molecule has 1 fully saturated rings. The third kappa shape index (κ3) is 1.24. The molecule has 1 aromatic carbocycles. The Labute approximate surface area is 103 Å². The molecule has 3 rings (SSSR count). The summed E-state index contributed by atoms with van der Waals surface area (Å²) in [6, 6.07) is 2.72. The van der Waals surface area contributed by atoms with E-state index in [-0.39, 0.29) is 22.1 Å². The molecular formula is C11H7BrF3NO. The summed E-state index contributed by atoms with van der Waals surface area (Å²) in [4.78, 5) is 11.5. The molecule has 17 heavy (non-hydrogen) atoms. The molecular weight excluding hydrogens is 299 g/mol. The van der Waals surface area contributed by atoms with Crippen LogP contribution in [-0.4, -0.2) is 18.4 Å². The summed E-state index contributed by atoms with van der Waals surface area (Å²) in [5.41, 5.74) is -1.70. The topological polar surface area (TPSA) is 29.1 Å². The Balaban J connectivity index is 2.28. The standard InChI is InChI=1S/C11H7BrF3NO/c12-6-2-1-5-7(8(6)13)10(3-11(10,14)15)4-16-9(5)17/h1-2H,3-4H2,(H,16,17). The summed E-state index contributed by atoms with van der Waals surface area (Å²) in [6.45, 7) is -0.209. The van der Waals surface area contributed by atoms with Crippen LogP contribution in [0.15, 0.2) is 16.6 Å². The minimum Gasteiger partial charge on any atom is -0.351 e. The predicted molar refractivity (Wildman–Crippen MR) is 57.7 cm³/mol. The average molecular weight is 306 g/mol. The maximum atomic E-state index is 14.0. The normalized spacial score (nSPS) is 28.8. The number of hydrogen-bond donors (Lipinski definition) is 1. The van der Waals surface area contributed by atoms with Gasteiger partial charge in [0.2, 0.25) is 0 Å². The molecule has 6 heteroatoms. The van der Waals surface area contributed by atoms with E-state index < -0.39 is 29.5 Å². The van der Waals surface area contributed by atoms with Crippen LogP contribution in [0.25, 0.3) is 0 Å². The van der Waals surface area contributed by atoms with Gasteiger partial charge < -0.3 is 5.32 Å². The van der Waals surface area contributed by atoms with Crippen LogP contribution in [0.3, 0.4) is 0 Å². The second kappa shape index (κ2) is 3.04. The Kier molecular flexibility index (Phi) is 1.98. The number of rotatable bonds is 0. The van der Waals surface area contributed by atoms with Crippen molar-refractivity contribution in [3.63, 3.8) is 0 Å². The Morgan fingerprint density at radius 3 is 2.59 bits per heavy atom. The minimum absolute atomic E-state index is 0.00845. The Morgan fingerprint density at radius 1 is 1.35 bits per heavy atom. The zero-order valence-electron chi connectivity index (χ0n) is 8.49. The first-order valence-corrected chi connectivity index (χ1v) is 5.83. The maximum absolute atomic E-state index is 14.0. The molecule has 2 nitrogen and oxygen atoms in total. The first kappa shape index (κ1) is 11.1. The van der Waals surface area contributed by atoms with Crippen molar-refractivity contribution >= 4 is 21.8 Å². The van der Waals surface area contributed by atoms with Crippen molar-refractivity contribution in [3.8, 4) is 0 Å². The van der Waals surface area contributed by atoms with Crippen LogP contribution in [0.4, 0.5) is 13.2 Å². The molecule has 1 aliphatic carbocycles. The zero-order chi connectivity index (χ0) is 12.4. The van der Waals surface area contributed by atoms with Crippen molar-refractivity contribution in [1.29, 1.82) is 0 Å². The van der Waals surface area contributed by atoms with Crippen molar-refractivity contribution < 1.29 is 18.0 Å². The van der Waals surface area contributed by atoms with E-state index >= 15 is 0 Å². The Hall–Kier alpha value is -1.04. The van der Waals surface area contributed by atoms with Crippen molar-refractivity contribution in [2.75, 3.05) is 6.54 Å². The number of carbonyl (C=O) groups is 1. The van der Waals surface area contributed by atoms with Gasteiger partial charge in [0.15, 0.2) is 0 Å². The lowest BCUT2D eigenvalue weighted by atomic mass is 9.86. The van der Waals surface area contributed by atoms with Crippen LogP contribution in [0.5, 0.6) is 0 Å². The zero-order valence-corrected chi connectivity index (χ0v) is 10.1. The molecule has 0 radical (unpaired) electrons. The number of hydrogen-bond acceptors (Lipinski definition) is 1. The first-order chi connectivity index (χ1) is 7.89. The second-order valence-electron chi connectivity index (χ2n) is 4.43. The molecule has 1 heterocycles. The molecule has 1 unspecified atom stereocenters. The molecule has 2 aliphatic rings. The summed E-state index contributed by atoms with van der Waals surface area (Å²) in [7, 11) is 0. The van der Waals surface area contributed by atoms with Gasteiger partial charge in [0.25, 0.3) is 11.8 Å². The van der Waals surface area contributed by atoms with Crippen molar-refractivity contribution in [2.45, 2.75) is 17.8 Å². The fourth-order valence-corrected chi connectivity index (χ4v) is 2.75. The van der Waals surface area contributed by atoms with Crippen LogP contribution in [0.2, 0.25) is 0 Å². The van der Waals surface area contributed by atoms with Gasteiger partial charge in [-0.2, -0.15) is 0 Å². The second-order valence-corrected chi connectivity index (χ2v) is 5.28. The van der Waals surface area contributed by atoms with Crippen LogP contribution in [0.1, 0.15) is 22.3 Å². The highest BCUT2D eigenvalue weighted by molar-refractivity contribution is 9.10. The predicted octanol–water partition coefficient (Wildman–Crippen LogP) is 2.61. The van der Waals surface area contributed by atoms with Crippen molar-refractivity contribution in [2.24, 2.45) is 0 Å². The van der Waals surface area contributed by atoms with Gasteiger partial charge in [-0.1, -0.05) is 0 Å². The van der Waals surface area contributed by atoms with Gasteiger partial charge >= 0.3 is 0 Å². The number of alkyl halides is 2. The van der Waals surface area contributed by atoms with Crippen LogP contribution >= 0.6 is 15.9 Å². The molecule has 1 N–H and O–H groups in total. The Bertz CT molecular complexity index is 546. The summed E-state index contributed by atoms with van der Waals surface area (Å²) < 4.78 is 41.0. The number of amides is 1. The number of benzene rings is 1. The molecule has 1 saturated carbocycles. The summed E-state index contributed by atoms with van der Waals surface area (Å²) in [5, 5.41) is 2.39. The maximum Gasteiger partial charge on any atom is 0.260 e. The average Bonchev–Trinajstić information content (AvgIpc) is 2.80. The fraction of sp³-hybridized carbons (Fsp3) is 0.364. The van der Waals surface area contributed by atoms with E-state index in [4.69, 9.17) is 0 Å². The number of fused-ring (bicyclic) bond motifs is 2. The number of halogens is 4. The highest BCUT2D eigenvalue weighted by Gasteiger charge is 2.74. The molecule has 1 aliphatic heterocycles. The van der Waals surface area contributed by atoms with Gasteiger partial charge in [0.05, 0.1) is 9.89 Å². The van der Waals surface area contributed by atoms with Crippen molar-refractivity contribution in [3.05, 3.63) is 33.5 Å². The molecule has 0 bridgehead atoms. The van der Waals surface area contributed by atoms with Gasteiger partial charge in [0, 0.05) is 24.1 Å². The lowest BCUT2D eigenvalue weighted by Gasteiger charge is -2.26. The van der Waals surface area contributed by atoms with Gasteiger partial charge in [-0.15, -0.1) is 0 Å². The summed E-state index contributed by atoms with van der Waals surface area (Å²) in [6.07, 6.45) is -0.416. The van der Waals surface area contributed by atoms with Crippen LogP contribution < -0.4 is 5.32 Å². The van der Waals surface area contributed by atoms with Gasteiger partial charge in [-0.3, -0.25) is 4.79 Å². The number of nitrogens with one attached hydrogen (secondary N) is 1. The third-order valence-corrected chi connectivity index (χ3v) is 4.08. The molecule has 90 valence electrons. The summed E-state index contributed by atoms with van der Waals surface area (Å²) >= 11 is 2.96. The van der Waals surface area contributed by atoms with Gasteiger partial charge in [-0.05, 0) is 28.1 Å². The van der Waals surface area contributed by atoms with Crippen LogP contribution in [0, 0.1) is 5.82 Å². The van der Waals surface area contributed by atoms with E-state index in [1.165, 1.54) is 12.1 Å². The largest absolute Gasteiger partial charge is 0.351 e. The molecule has 0 aromatic heterocycles. The van der Waals surface area contributed by atoms with Gasteiger partial charge in [0.1, 0.15) is 5.82 Å². The van der Waals surface area contributed by atoms with E-state index in [1.807, 2.05) is 0 Å².